The summed E-state index contributed by atoms with van der Waals surface area (Å²) in [7, 11) is 0. The molecule has 140 valence electrons. The summed E-state index contributed by atoms with van der Waals surface area (Å²) in [6.45, 7) is 4.58. The van der Waals surface area contributed by atoms with Crippen LogP contribution in [0.25, 0.3) is 11.0 Å². The van der Waals surface area contributed by atoms with E-state index >= 15 is 0 Å². The highest BCUT2D eigenvalue weighted by Gasteiger charge is 2.31. The number of nitriles is 1. The molecule has 1 fully saturated rings. The SMILES string of the molecule is Cc1ccc2c(C)c(C(=O)N3CCN(c4cccc(C#N)c4)C(=O)C3)oc2c1. The van der Waals surface area contributed by atoms with Crippen molar-refractivity contribution < 1.29 is 14.0 Å². The Balaban J connectivity index is 1.56. The van der Waals surface area contributed by atoms with E-state index in [0.717, 1.165) is 16.5 Å². The summed E-state index contributed by atoms with van der Waals surface area (Å²) < 4.78 is 5.82. The molecule has 6 nitrogen and oxygen atoms in total. The smallest absolute Gasteiger partial charge is 0.290 e. The van der Waals surface area contributed by atoms with Crippen LogP contribution in [0.15, 0.2) is 46.9 Å². The van der Waals surface area contributed by atoms with E-state index in [2.05, 4.69) is 6.07 Å². The Kier molecular flexibility index (Phi) is 4.36. The third kappa shape index (κ3) is 3.01. The highest BCUT2D eigenvalue weighted by atomic mass is 16.3. The lowest BCUT2D eigenvalue weighted by Gasteiger charge is -2.34. The van der Waals surface area contributed by atoms with Gasteiger partial charge in [0.05, 0.1) is 11.6 Å². The van der Waals surface area contributed by atoms with Crippen molar-refractivity contribution in [1.82, 2.24) is 4.90 Å². The number of hydrogen-bond acceptors (Lipinski definition) is 4. The van der Waals surface area contributed by atoms with Crippen LogP contribution >= 0.6 is 0 Å². The summed E-state index contributed by atoms with van der Waals surface area (Å²) >= 11 is 0. The maximum Gasteiger partial charge on any atom is 0.290 e. The Morgan fingerprint density at radius 2 is 1.96 bits per heavy atom. The average molecular weight is 373 g/mol. The molecule has 0 saturated carbocycles. The molecule has 1 aliphatic heterocycles. The van der Waals surface area contributed by atoms with Gasteiger partial charge in [0.25, 0.3) is 5.91 Å². The van der Waals surface area contributed by atoms with Crippen LogP contribution in [-0.4, -0.2) is 36.3 Å². The number of nitrogens with zero attached hydrogens (tertiary/aromatic N) is 3. The number of anilines is 1. The highest BCUT2D eigenvalue weighted by Crippen LogP contribution is 2.28. The maximum atomic E-state index is 13.0. The van der Waals surface area contributed by atoms with E-state index in [-0.39, 0.29) is 24.1 Å². The van der Waals surface area contributed by atoms with Crippen molar-refractivity contribution >= 4 is 28.5 Å². The largest absolute Gasteiger partial charge is 0.451 e. The van der Waals surface area contributed by atoms with Gasteiger partial charge in [0.15, 0.2) is 5.76 Å². The molecule has 2 aromatic carbocycles. The fourth-order valence-electron chi connectivity index (χ4n) is 3.54. The molecule has 0 atom stereocenters. The molecule has 0 radical (unpaired) electrons. The zero-order valence-corrected chi connectivity index (χ0v) is 15.7. The molecular weight excluding hydrogens is 354 g/mol. The fourth-order valence-corrected chi connectivity index (χ4v) is 3.54. The summed E-state index contributed by atoms with van der Waals surface area (Å²) in [5.41, 5.74) is 3.70. The molecule has 4 rings (SSSR count). The van der Waals surface area contributed by atoms with Crippen LogP contribution in [0.5, 0.6) is 0 Å². The van der Waals surface area contributed by atoms with Gasteiger partial charge in [-0.05, 0) is 43.7 Å². The second kappa shape index (κ2) is 6.86. The number of carbonyl (C=O) groups is 2. The predicted molar refractivity (Wildman–Crippen MR) is 105 cm³/mol. The Hall–Kier alpha value is -3.59. The van der Waals surface area contributed by atoms with Gasteiger partial charge in [-0.2, -0.15) is 5.26 Å². The van der Waals surface area contributed by atoms with E-state index in [1.165, 1.54) is 4.90 Å². The standard InChI is InChI=1S/C22H19N3O3/c1-14-6-7-18-15(2)21(28-19(18)10-14)22(27)24-8-9-25(20(26)13-24)17-5-3-4-16(11-17)12-23/h3-7,10-11H,8-9,13H2,1-2H3. The Morgan fingerprint density at radius 3 is 2.71 bits per heavy atom. The van der Waals surface area contributed by atoms with Gasteiger partial charge in [-0.3, -0.25) is 9.59 Å². The first-order chi connectivity index (χ1) is 13.5. The van der Waals surface area contributed by atoms with E-state index < -0.39 is 0 Å². The van der Waals surface area contributed by atoms with Crippen molar-refractivity contribution in [2.24, 2.45) is 0 Å². The van der Waals surface area contributed by atoms with Crippen molar-refractivity contribution in [1.29, 1.82) is 5.26 Å². The van der Waals surface area contributed by atoms with Crippen LogP contribution in [0.3, 0.4) is 0 Å². The Bertz CT molecular complexity index is 1140. The molecule has 2 heterocycles. The number of amides is 2. The molecule has 1 aromatic heterocycles. The zero-order valence-electron chi connectivity index (χ0n) is 15.7. The van der Waals surface area contributed by atoms with Crippen LogP contribution in [0.4, 0.5) is 5.69 Å². The number of piperazine rings is 1. The Labute approximate surface area is 162 Å². The average Bonchev–Trinajstić information content (AvgIpc) is 3.03. The van der Waals surface area contributed by atoms with Crippen LogP contribution < -0.4 is 4.90 Å². The lowest BCUT2D eigenvalue weighted by atomic mass is 10.1. The number of furan rings is 1. The van der Waals surface area contributed by atoms with Crippen LogP contribution in [0.1, 0.15) is 27.2 Å². The first-order valence-corrected chi connectivity index (χ1v) is 9.07. The van der Waals surface area contributed by atoms with Gasteiger partial charge in [-0.25, -0.2) is 0 Å². The summed E-state index contributed by atoms with van der Waals surface area (Å²) in [5.74, 6) is -0.169. The van der Waals surface area contributed by atoms with E-state index in [1.54, 1.807) is 29.2 Å². The second-order valence-corrected chi connectivity index (χ2v) is 6.99. The van der Waals surface area contributed by atoms with Gasteiger partial charge in [0.1, 0.15) is 12.1 Å². The minimum Gasteiger partial charge on any atom is -0.451 e. The van der Waals surface area contributed by atoms with Gasteiger partial charge in [-0.1, -0.05) is 18.2 Å². The van der Waals surface area contributed by atoms with E-state index in [4.69, 9.17) is 9.68 Å². The lowest BCUT2D eigenvalue weighted by Crippen LogP contribution is -2.52. The van der Waals surface area contributed by atoms with E-state index in [0.29, 0.717) is 29.9 Å². The van der Waals surface area contributed by atoms with Crippen molar-refractivity contribution in [3.05, 3.63) is 64.9 Å². The zero-order chi connectivity index (χ0) is 19.8. The van der Waals surface area contributed by atoms with Crippen molar-refractivity contribution in [3.63, 3.8) is 0 Å². The van der Waals surface area contributed by atoms with Crippen molar-refractivity contribution in [2.45, 2.75) is 13.8 Å². The van der Waals surface area contributed by atoms with Gasteiger partial charge >= 0.3 is 0 Å². The van der Waals surface area contributed by atoms with Gasteiger partial charge in [0, 0.05) is 29.7 Å². The molecule has 0 N–H and O–H groups in total. The molecule has 1 aliphatic rings. The van der Waals surface area contributed by atoms with Crippen LogP contribution in [-0.2, 0) is 4.79 Å². The lowest BCUT2D eigenvalue weighted by molar-refractivity contribution is -0.120. The van der Waals surface area contributed by atoms with Crippen molar-refractivity contribution in [2.75, 3.05) is 24.5 Å². The third-order valence-corrected chi connectivity index (χ3v) is 5.08. The number of aryl methyl sites for hydroxylation is 2. The molecule has 0 aliphatic carbocycles. The molecular formula is C22H19N3O3. The summed E-state index contributed by atoms with van der Waals surface area (Å²) in [4.78, 5) is 28.8. The van der Waals surface area contributed by atoms with Crippen molar-refractivity contribution in [3.8, 4) is 6.07 Å². The normalized spacial score (nSPS) is 14.4. The van der Waals surface area contributed by atoms with E-state index in [1.807, 2.05) is 32.0 Å². The molecule has 0 spiro atoms. The molecule has 6 heteroatoms. The van der Waals surface area contributed by atoms with Crippen LogP contribution in [0, 0.1) is 25.2 Å². The molecule has 0 bridgehead atoms. The summed E-state index contributed by atoms with van der Waals surface area (Å²) in [6.07, 6.45) is 0. The minimum absolute atomic E-state index is 0.0227. The highest BCUT2D eigenvalue weighted by molar-refractivity contribution is 6.03. The van der Waals surface area contributed by atoms with Gasteiger partial charge in [-0.15, -0.1) is 0 Å². The first kappa shape index (κ1) is 17.8. The number of fused-ring (bicyclic) bond motifs is 1. The first-order valence-electron chi connectivity index (χ1n) is 9.07. The van der Waals surface area contributed by atoms with Gasteiger partial charge in [0.2, 0.25) is 5.91 Å². The maximum absolute atomic E-state index is 13.0. The third-order valence-electron chi connectivity index (χ3n) is 5.08. The molecule has 1 saturated heterocycles. The molecule has 3 aromatic rings. The molecule has 2 amide bonds. The second-order valence-electron chi connectivity index (χ2n) is 6.99. The number of hydrogen-bond donors (Lipinski definition) is 0. The fraction of sp³-hybridized carbons (Fsp3) is 0.227. The molecule has 28 heavy (non-hydrogen) atoms. The quantitative estimate of drug-likeness (QED) is 0.690. The minimum atomic E-state index is -0.273. The number of rotatable bonds is 2. The van der Waals surface area contributed by atoms with Crippen LogP contribution in [0.2, 0.25) is 0 Å². The summed E-state index contributed by atoms with van der Waals surface area (Å²) in [6, 6.07) is 14.8. The summed E-state index contributed by atoms with van der Waals surface area (Å²) in [5, 5.41) is 9.96. The number of carbonyl (C=O) groups excluding carboxylic acids is 2. The van der Waals surface area contributed by atoms with E-state index in [9.17, 15) is 9.59 Å². The molecule has 0 unspecified atom stereocenters. The predicted octanol–water partition coefficient (Wildman–Crippen LogP) is 3.41. The number of benzene rings is 2. The topological polar surface area (TPSA) is 77.5 Å². The monoisotopic (exact) mass is 373 g/mol. The Morgan fingerprint density at radius 1 is 1.14 bits per heavy atom. The van der Waals surface area contributed by atoms with Gasteiger partial charge < -0.3 is 14.2 Å².